The molecular weight excluding hydrogens is 172 g/mol. The normalized spacial score (nSPS) is 12.8. The summed E-state index contributed by atoms with van der Waals surface area (Å²) in [6, 6.07) is 6.41. The molecule has 0 aliphatic rings. The van der Waals surface area contributed by atoms with Gasteiger partial charge in [0.25, 0.3) is 0 Å². The van der Waals surface area contributed by atoms with Gasteiger partial charge in [-0.1, -0.05) is 18.2 Å². The molecule has 3 heteroatoms. The first kappa shape index (κ1) is 10.1. The van der Waals surface area contributed by atoms with Gasteiger partial charge in [0.2, 0.25) is 0 Å². The van der Waals surface area contributed by atoms with Crippen molar-refractivity contribution in [2.75, 3.05) is 6.54 Å². The highest BCUT2D eigenvalue weighted by molar-refractivity contribution is 5.17. The number of benzene rings is 1. The molecule has 13 heavy (non-hydrogen) atoms. The van der Waals surface area contributed by atoms with Gasteiger partial charge in [0.1, 0.15) is 12.0 Å². The SMILES string of the molecule is NCC(F)CCc1ccccc1F. The van der Waals surface area contributed by atoms with Crippen molar-refractivity contribution >= 4 is 0 Å². The maximum atomic E-state index is 13.0. The van der Waals surface area contributed by atoms with Gasteiger partial charge in [-0.25, -0.2) is 8.78 Å². The lowest BCUT2D eigenvalue weighted by Crippen LogP contribution is -2.15. The summed E-state index contributed by atoms with van der Waals surface area (Å²) in [4.78, 5) is 0. The third-order valence-corrected chi connectivity index (χ3v) is 1.94. The van der Waals surface area contributed by atoms with Gasteiger partial charge in [-0.15, -0.1) is 0 Å². The average Bonchev–Trinajstić information content (AvgIpc) is 2.16. The van der Waals surface area contributed by atoms with E-state index in [1.165, 1.54) is 6.07 Å². The van der Waals surface area contributed by atoms with E-state index in [4.69, 9.17) is 5.73 Å². The maximum absolute atomic E-state index is 13.0. The van der Waals surface area contributed by atoms with Crippen LogP contribution in [0.3, 0.4) is 0 Å². The topological polar surface area (TPSA) is 26.0 Å². The van der Waals surface area contributed by atoms with Crippen LogP contribution in [0.1, 0.15) is 12.0 Å². The van der Waals surface area contributed by atoms with Crippen LogP contribution in [0.2, 0.25) is 0 Å². The Kier molecular flexibility index (Phi) is 3.83. The van der Waals surface area contributed by atoms with Crippen LogP contribution in [0.15, 0.2) is 24.3 Å². The summed E-state index contributed by atoms with van der Waals surface area (Å²) in [6.45, 7) is 0.00839. The van der Waals surface area contributed by atoms with Gasteiger partial charge in [-0.05, 0) is 24.5 Å². The second-order valence-corrected chi connectivity index (χ2v) is 2.96. The van der Waals surface area contributed by atoms with E-state index in [1.807, 2.05) is 0 Å². The molecule has 72 valence electrons. The van der Waals surface area contributed by atoms with Gasteiger partial charge in [-0.3, -0.25) is 0 Å². The number of halogens is 2. The average molecular weight is 185 g/mol. The number of hydrogen-bond acceptors (Lipinski definition) is 1. The quantitative estimate of drug-likeness (QED) is 0.763. The van der Waals surface area contributed by atoms with Crippen LogP contribution in [0.4, 0.5) is 8.78 Å². The molecule has 0 radical (unpaired) electrons. The number of rotatable bonds is 4. The van der Waals surface area contributed by atoms with Gasteiger partial charge in [0.15, 0.2) is 0 Å². The fraction of sp³-hybridized carbons (Fsp3) is 0.400. The van der Waals surface area contributed by atoms with Crippen molar-refractivity contribution in [2.45, 2.75) is 19.0 Å². The van der Waals surface area contributed by atoms with E-state index in [1.54, 1.807) is 18.2 Å². The van der Waals surface area contributed by atoms with Gasteiger partial charge < -0.3 is 5.73 Å². The van der Waals surface area contributed by atoms with Gasteiger partial charge in [-0.2, -0.15) is 0 Å². The first-order valence-corrected chi connectivity index (χ1v) is 4.31. The fourth-order valence-corrected chi connectivity index (χ4v) is 1.13. The molecule has 1 atom stereocenters. The molecule has 0 saturated carbocycles. The number of alkyl halides is 1. The Morgan fingerprint density at radius 2 is 2.00 bits per heavy atom. The summed E-state index contributed by atoms with van der Waals surface area (Å²) in [6.07, 6.45) is -0.331. The molecule has 1 unspecified atom stereocenters. The van der Waals surface area contributed by atoms with Crippen LogP contribution in [0.25, 0.3) is 0 Å². The van der Waals surface area contributed by atoms with Crippen molar-refractivity contribution in [1.29, 1.82) is 0 Å². The second kappa shape index (κ2) is 4.92. The largest absolute Gasteiger partial charge is 0.328 e. The lowest BCUT2D eigenvalue weighted by Gasteiger charge is -2.05. The highest BCUT2D eigenvalue weighted by atomic mass is 19.1. The molecule has 2 N–H and O–H groups in total. The van der Waals surface area contributed by atoms with Crippen molar-refractivity contribution in [3.8, 4) is 0 Å². The Morgan fingerprint density at radius 3 is 2.62 bits per heavy atom. The van der Waals surface area contributed by atoms with Gasteiger partial charge in [0.05, 0.1) is 0 Å². The Morgan fingerprint density at radius 1 is 1.31 bits per heavy atom. The Bertz CT molecular complexity index is 263. The van der Waals surface area contributed by atoms with Gasteiger partial charge >= 0.3 is 0 Å². The van der Waals surface area contributed by atoms with E-state index in [0.717, 1.165) is 0 Å². The minimum atomic E-state index is -1.03. The van der Waals surface area contributed by atoms with E-state index in [9.17, 15) is 8.78 Å². The molecular formula is C10H13F2N. The number of aryl methyl sites for hydroxylation is 1. The third-order valence-electron chi connectivity index (χ3n) is 1.94. The zero-order valence-corrected chi connectivity index (χ0v) is 7.34. The van der Waals surface area contributed by atoms with Crippen LogP contribution in [-0.4, -0.2) is 12.7 Å². The third kappa shape index (κ3) is 3.11. The zero-order valence-electron chi connectivity index (χ0n) is 7.34. The molecule has 1 rings (SSSR count). The predicted molar refractivity (Wildman–Crippen MR) is 48.7 cm³/mol. The van der Waals surface area contributed by atoms with Crippen molar-refractivity contribution in [2.24, 2.45) is 5.73 Å². The van der Waals surface area contributed by atoms with Crippen molar-refractivity contribution < 1.29 is 8.78 Å². The number of hydrogen-bond donors (Lipinski definition) is 1. The highest BCUT2D eigenvalue weighted by Gasteiger charge is 2.06. The van der Waals surface area contributed by atoms with E-state index >= 15 is 0 Å². The van der Waals surface area contributed by atoms with E-state index in [2.05, 4.69) is 0 Å². The van der Waals surface area contributed by atoms with E-state index in [0.29, 0.717) is 12.0 Å². The summed E-state index contributed by atoms with van der Waals surface area (Å²) < 4.78 is 25.7. The van der Waals surface area contributed by atoms with Crippen LogP contribution < -0.4 is 5.73 Å². The van der Waals surface area contributed by atoms with E-state index in [-0.39, 0.29) is 18.8 Å². The Hall–Kier alpha value is -0.960. The molecule has 0 aromatic heterocycles. The van der Waals surface area contributed by atoms with Gasteiger partial charge in [0, 0.05) is 6.54 Å². The van der Waals surface area contributed by atoms with Crippen LogP contribution in [-0.2, 0) is 6.42 Å². The molecule has 1 aromatic carbocycles. The zero-order chi connectivity index (χ0) is 9.68. The van der Waals surface area contributed by atoms with Crippen molar-refractivity contribution in [3.05, 3.63) is 35.6 Å². The van der Waals surface area contributed by atoms with Crippen LogP contribution >= 0.6 is 0 Å². The standard InChI is InChI=1S/C10H13F2N/c11-9(7-13)6-5-8-3-1-2-4-10(8)12/h1-4,9H,5-7,13H2. The molecule has 0 heterocycles. The maximum Gasteiger partial charge on any atom is 0.126 e. The highest BCUT2D eigenvalue weighted by Crippen LogP contribution is 2.10. The van der Waals surface area contributed by atoms with E-state index < -0.39 is 6.17 Å². The molecule has 0 amide bonds. The lowest BCUT2D eigenvalue weighted by atomic mass is 10.1. The number of nitrogens with two attached hydrogens (primary N) is 1. The molecule has 0 fully saturated rings. The molecule has 0 saturated heterocycles. The molecule has 0 aliphatic carbocycles. The van der Waals surface area contributed by atoms with Crippen LogP contribution in [0, 0.1) is 5.82 Å². The molecule has 0 bridgehead atoms. The monoisotopic (exact) mass is 185 g/mol. The predicted octanol–water partition coefficient (Wildman–Crippen LogP) is 2.06. The molecule has 0 aliphatic heterocycles. The summed E-state index contributed by atoms with van der Waals surface area (Å²) in [7, 11) is 0. The molecule has 1 nitrogen and oxygen atoms in total. The fourth-order valence-electron chi connectivity index (χ4n) is 1.13. The minimum Gasteiger partial charge on any atom is -0.328 e. The smallest absolute Gasteiger partial charge is 0.126 e. The summed E-state index contributed by atoms with van der Waals surface area (Å²) in [5.74, 6) is -0.272. The second-order valence-electron chi connectivity index (χ2n) is 2.96. The Balaban J connectivity index is 2.50. The molecule has 0 spiro atoms. The first-order chi connectivity index (χ1) is 6.24. The summed E-state index contributed by atoms with van der Waals surface area (Å²) in [5.41, 5.74) is 5.66. The van der Waals surface area contributed by atoms with Crippen molar-refractivity contribution in [3.63, 3.8) is 0 Å². The molecule has 1 aromatic rings. The lowest BCUT2D eigenvalue weighted by molar-refractivity contribution is 0.321. The summed E-state index contributed by atoms with van der Waals surface area (Å²) in [5, 5.41) is 0. The Labute approximate surface area is 76.6 Å². The minimum absolute atomic E-state index is 0.00839. The van der Waals surface area contributed by atoms with Crippen LogP contribution in [0.5, 0.6) is 0 Å². The van der Waals surface area contributed by atoms with Crippen molar-refractivity contribution in [1.82, 2.24) is 0 Å². The summed E-state index contributed by atoms with van der Waals surface area (Å²) >= 11 is 0. The first-order valence-electron chi connectivity index (χ1n) is 4.31.